The van der Waals surface area contributed by atoms with Gasteiger partial charge in [-0.3, -0.25) is 0 Å². The van der Waals surface area contributed by atoms with Gasteiger partial charge in [-0.15, -0.1) is 0 Å². The summed E-state index contributed by atoms with van der Waals surface area (Å²) in [6, 6.07) is 9.10. The number of hydrogen-bond donors (Lipinski definition) is 1. The Morgan fingerprint density at radius 2 is 1.72 bits per heavy atom. The van der Waals surface area contributed by atoms with E-state index in [0.717, 1.165) is 12.5 Å². The van der Waals surface area contributed by atoms with Crippen molar-refractivity contribution in [2.24, 2.45) is 11.3 Å². The molecule has 0 unspecified atom stereocenters. The van der Waals surface area contributed by atoms with Crippen molar-refractivity contribution >= 4 is 0 Å². The summed E-state index contributed by atoms with van der Waals surface area (Å²) in [7, 11) is 0. The predicted octanol–water partition coefficient (Wildman–Crippen LogP) is 4.16. The van der Waals surface area contributed by atoms with E-state index in [2.05, 4.69) is 50.4 Å². The minimum absolute atomic E-state index is 0.581. The van der Waals surface area contributed by atoms with Crippen LogP contribution in [-0.4, -0.2) is 6.54 Å². The molecule has 0 aromatic heterocycles. The highest BCUT2D eigenvalue weighted by atomic mass is 14.9. The summed E-state index contributed by atoms with van der Waals surface area (Å²) in [5, 5.41) is 3.60. The van der Waals surface area contributed by atoms with Gasteiger partial charge in [0.2, 0.25) is 0 Å². The van der Waals surface area contributed by atoms with Gasteiger partial charge in [-0.1, -0.05) is 51.5 Å². The van der Waals surface area contributed by atoms with Gasteiger partial charge in [-0.25, -0.2) is 0 Å². The molecule has 1 heteroatoms. The zero-order chi connectivity index (χ0) is 13.0. The highest BCUT2D eigenvalue weighted by Crippen LogP contribution is 2.39. The zero-order valence-corrected chi connectivity index (χ0v) is 12.1. The fourth-order valence-corrected chi connectivity index (χ4v) is 2.73. The lowest BCUT2D eigenvalue weighted by Gasteiger charge is -2.38. The molecule has 0 saturated heterocycles. The maximum atomic E-state index is 3.60. The molecule has 0 aliphatic heterocycles. The Kier molecular flexibility index (Phi) is 4.45. The molecule has 0 bridgehead atoms. The van der Waals surface area contributed by atoms with Crippen LogP contribution in [0.1, 0.15) is 51.2 Å². The van der Waals surface area contributed by atoms with E-state index in [4.69, 9.17) is 0 Å². The number of nitrogens with one attached hydrogen (secondary N) is 1. The van der Waals surface area contributed by atoms with E-state index in [1.807, 2.05) is 0 Å². The van der Waals surface area contributed by atoms with Gasteiger partial charge in [0.25, 0.3) is 0 Å². The van der Waals surface area contributed by atoms with Gasteiger partial charge in [-0.05, 0) is 41.7 Å². The quantitative estimate of drug-likeness (QED) is 0.793. The number of benzene rings is 1. The van der Waals surface area contributed by atoms with Crippen molar-refractivity contribution in [1.29, 1.82) is 0 Å². The summed E-state index contributed by atoms with van der Waals surface area (Å²) in [4.78, 5) is 0. The molecule has 1 aromatic rings. The SMILES string of the molecule is CC(C)Cc1ccc(CNCC2(C)CCC2)cc1. The lowest BCUT2D eigenvalue weighted by molar-refractivity contribution is 0.156. The first-order valence-electron chi connectivity index (χ1n) is 7.36. The Morgan fingerprint density at radius 1 is 1.11 bits per heavy atom. The third-order valence-corrected chi connectivity index (χ3v) is 4.11. The van der Waals surface area contributed by atoms with E-state index >= 15 is 0 Å². The smallest absolute Gasteiger partial charge is 0.0205 e. The zero-order valence-electron chi connectivity index (χ0n) is 12.1. The van der Waals surface area contributed by atoms with Crippen LogP contribution in [0.25, 0.3) is 0 Å². The van der Waals surface area contributed by atoms with Gasteiger partial charge in [0.15, 0.2) is 0 Å². The van der Waals surface area contributed by atoms with Crippen LogP contribution in [0.4, 0.5) is 0 Å². The highest BCUT2D eigenvalue weighted by Gasteiger charge is 2.30. The molecule has 1 nitrogen and oxygen atoms in total. The minimum atomic E-state index is 0.581. The first-order valence-corrected chi connectivity index (χ1v) is 7.36. The largest absolute Gasteiger partial charge is 0.312 e. The third-order valence-electron chi connectivity index (χ3n) is 4.11. The van der Waals surface area contributed by atoms with Crippen LogP contribution in [0.15, 0.2) is 24.3 Å². The van der Waals surface area contributed by atoms with Crippen LogP contribution >= 0.6 is 0 Å². The molecule has 0 spiro atoms. The van der Waals surface area contributed by atoms with Crippen LogP contribution in [0.2, 0.25) is 0 Å². The molecular weight excluding hydrogens is 218 g/mol. The Morgan fingerprint density at radius 3 is 2.22 bits per heavy atom. The summed E-state index contributed by atoms with van der Waals surface area (Å²) < 4.78 is 0. The maximum Gasteiger partial charge on any atom is 0.0205 e. The van der Waals surface area contributed by atoms with E-state index in [-0.39, 0.29) is 0 Å². The molecule has 1 aliphatic carbocycles. The third kappa shape index (κ3) is 3.84. The van der Waals surface area contributed by atoms with Crippen molar-refractivity contribution in [3.63, 3.8) is 0 Å². The Hall–Kier alpha value is -0.820. The molecule has 18 heavy (non-hydrogen) atoms. The predicted molar refractivity (Wildman–Crippen MR) is 78.6 cm³/mol. The van der Waals surface area contributed by atoms with Crippen LogP contribution in [0, 0.1) is 11.3 Å². The van der Waals surface area contributed by atoms with Gasteiger partial charge in [-0.2, -0.15) is 0 Å². The van der Waals surface area contributed by atoms with E-state index in [0.29, 0.717) is 5.41 Å². The summed E-state index contributed by atoms with van der Waals surface area (Å²) in [5.74, 6) is 0.743. The fraction of sp³-hybridized carbons (Fsp3) is 0.647. The molecule has 100 valence electrons. The summed E-state index contributed by atoms with van der Waals surface area (Å²) in [6.07, 6.45) is 5.40. The first-order chi connectivity index (χ1) is 8.57. The van der Waals surface area contributed by atoms with Crippen LogP contribution in [-0.2, 0) is 13.0 Å². The van der Waals surface area contributed by atoms with E-state index < -0.39 is 0 Å². The van der Waals surface area contributed by atoms with Gasteiger partial charge in [0, 0.05) is 13.1 Å². The molecule has 0 heterocycles. The molecule has 1 saturated carbocycles. The lowest BCUT2D eigenvalue weighted by atomic mass is 9.70. The second kappa shape index (κ2) is 5.88. The summed E-state index contributed by atoms with van der Waals surface area (Å²) in [5.41, 5.74) is 3.45. The van der Waals surface area contributed by atoms with Gasteiger partial charge in [0.1, 0.15) is 0 Å². The first kappa shape index (κ1) is 13.6. The van der Waals surface area contributed by atoms with Crippen LogP contribution in [0.3, 0.4) is 0 Å². The number of rotatable bonds is 6. The molecule has 0 radical (unpaired) electrons. The average Bonchev–Trinajstić information content (AvgIpc) is 2.28. The number of hydrogen-bond acceptors (Lipinski definition) is 1. The molecule has 1 aliphatic rings. The molecule has 1 fully saturated rings. The van der Waals surface area contributed by atoms with Gasteiger partial charge in [0.05, 0.1) is 0 Å². The van der Waals surface area contributed by atoms with Crippen molar-refractivity contribution in [2.75, 3.05) is 6.54 Å². The van der Waals surface area contributed by atoms with Crippen LogP contribution < -0.4 is 5.32 Å². The van der Waals surface area contributed by atoms with Crippen molar-refractivity contribution < 1.29 is 0 Å². The Balaban J connectivity index is 1.75. The average molecular weight is 245 g/mol. The molecule has 0 atom stereocenters. The van der Waals surface area contributed by atoms with Crippen molar-refractivity contribution in [1.82, 2.24) is 5.32 Å². The molecule has 0 amide bonds. The second-order valence-electron chi connectivity index (χ2n) is 6.68. The summed E-state index contributed by atoms with van der Waals surface area (Å²) >= 11 is 0. The van der Waals surface area contributed by atoms with E-state index in [9.17, 15) is 0 Å². The molecular formula is C17H27N. The van der Waals surface area contributed by atoms with Crippen LogP contribution in [0.5, 0.6) is 0 Å². The maximum absolute atomic E-state index is 3.60. The van der Waals surface area contributed by atoms with Gasteiger partial charge < -0.3 is 5.32 Å². The van der Waals surface area contributed by atoms with Crippen molar-refractivity contribution in [2.45, 2.75) is 53.0 Å². The molecule has 2 rings (SSSR count). The lowest BCUT2D eigenvalue weighted by Crippen LogP contribution is -2.36. The topological polar surface area (TPSA) is 12.0 Å². The van der Waals surface area contributed by atoms with Crippen molar-refractivity contribution in [3.05, 3.63) is 35.4 Å². The normalized spacial score (nSPS) is 17.8. The molecule has 1 N–H and O–H groups in total. The second-order valence-corrected chi connectivity index (χ2v) is 6.68. The summed E-state index contributed by atoms with van der Waals surface area (Å²) in [6.45, 7) is 9.12. The van der Waals surface area contributed by atoms with E-state index in [1.165, 1.54) is 43.4 Å². The Labute approximate surface area is 112 Å². The fourth-order valence-electron chi connectivity index (χ4n) is 2.73. The monoisotopic (exact) mass is 245 g/mol. The van der Waals surface area contributed by atoms with Gasteiger partial charge >= 0.3 is 0 Å². The van der Waals surface area contributed by atoms with Crippen molar-refractivity contribution in [3.8, 4) is 0 Å². The minimum Gasteiger partial charge on any atom is -0.312 e. The Bertz CT molecular complexity index is 360. The highest BCUT2D eigenvalue weighted by molar-refractivity contribution is 5.22. The standard InChI is InChI=1S/C17H27N/c1-14(2)11-15-5-7-16(8-6-15)12-18-13-17(3)9-4-10-17/h5-8,14,18H,4,9-13H2,1-3H3. The van der Waals surface area contributed by atoms with E-state index in [1.54, 1.807) is 0 Å². The molecule has 1 aromatic carbocycles.